The number of aliphatic hydroxyl groups excluding tert-OH is 2. The quantitative estimate of drug-likeness (QED) is 0.0321. The summed E-state index contributed by atoms with van der Waals surface area (Å²) >= 11 is 0. The highest BCUT2D eigenvalue weighted by Gasteiger charge is 2.23. The summed E-state index contributed by atoms with van der Waals surface area (Å²) < 4.78 is 5.88. The predicted octanol–water partition coefficient (Wildman–Crippen LogP) is 16.7. The molecule has 6 nitrogen and oxygen atoms in total. The monoisotopic (exact) mass is 906 g/mol. The number of esters is 1. The van der Waals surface area contributed by atoms with E-state index >= 15 is 0 Å². The van der Waals surface area contributed by atoms with Gasteiger partial charge in [0.05, 0.1) is 25.2 Å². The van der Waals surface area contributed by atoms with Gasteiger partial charge in [-0.2, -0.15) is 0 Å². The van der Waals surface area contributed by atoms with E-state index in [1.807, 2.05) is 12.2 Å². The van der Waals surface area contributed by atoms with Gasteiger partial charge in [0.15, 0.2) is 0 Å². The number of rotatable bonds is 48. The van der Waals surface area contributed by atoms with E-state index in [-0.39, 0.29) is 24.9 Å². The van der Waals surface area contributed by atoms with Crippen LogP contribution in [-0.2, 0) is 14.3 Å². The van der Waals surface area contributed by atoms with Crippen LogP contribution in [-0.4, -0.2) is 46.9 Å². The molecule has 0 bridgehead atoms. The van der Waals surface area contributed by atoms with Gasteiger partial charge in [-0.1, -0.05) is 241 Å². The summed E-state index contributed by atoms with van der Waals surface area (Å²) in [5.41, 5.74) is 0. The van der Waals surface area contributed by atoms with E-state index in [4.69, 9.17) is 4.74 Å². The topological polar surface area (TPSA) is 95.9 Å². The number of unbranched alkanes of at least 4 members (excludes halogenated alkanes) is 23. The summed E-state index contributed by atoms with van der Waals surface area (Å²) in [7, 11) is 0. The van der Waals surface area contributed by atoms with Crippen LogP contribution in [0.1, 0.15) is 252 Å². The molecule has 0 rings (SSSR count). The van der Waals surface area contributed by atoms with Crippen molar-refractivity contribution in [1.29, 1.82) is 0 Å². The van der Waals surface area contributed by atoms with Gasteiger partial charge in [0.2, 0.25) is 5.91 Å². The number of allylic oxidation sites excluding steroid dienone is 13. The van der Waals surface area contributed by atoms with Gasteiger partial charge in [0.1, 0.15) is 6.10 Å². The third-order valence-corrected chi connectivity index (χ3v) is 12.0. The van der Waals surface area contributed by atoms with Gasteiger partial charge in [0, 0.05) is 12.8 Å². The minimum atomic E-state index is -0.816. The fourth-order valence-electron chi connectivity index (χ4n) is 7.84. The molecule has 0 aromatic carbocycles. The number of ether oxygens (including phenoxy) is 1. The van der Waals surface area contributed by atoms with Crippen molar-refractivity contribution < 1.29 is 24.5 Å². The van der Waals surface area contributed by atoms with Crippen LogP contribution in [0.5, 0.6) is 0 Å². The zero-order valence-corrected chi connectivity index (χ0v) is 42.6. The summed E-state index contributed by atoms with van der Waals surface area (Å²) in [6, 6.07) is -0.736. The van der Waals surface area contributed by atoms with Crippen LogP contribution < -0.4 is 5.32 Å². The largest absolute Gasteiger partial charge is 0.461 e. The Morgan fingerprint density at radius 1 is 0.477 bits per heavy atom. The van der Waals surface area contributed by atoms with E-state index < -0.39 is 18.2 Å². The van der Waals surface area contributed by atoms with Gasteiger partial charge in [-0.25, -0.2) is 0 Å². The van der Waals surface area contributed by atoms with Crippen LogP contribution in [0.15, 0.2) is 85.1 Å². The van der Waals surface area contributed by atoms with Gasteiger partial charge in [-0.15, -0.1) is 0 Å². The number of nitrogens with one attached hydrogen (secondary N) is 1. The van der Waals surface area contributed by atoms with E-state index in [1.165, 1.54) is 128 Å². The fourth-order valence-corrected chi connectivity index (χ4v) is 7.84. The zero-order chi connectivity index (χ0) is 47.4. The normalized spacial score (nSPS) is 13.9. The molecule has 0 radical (unpaired) electrons. The van der Waals surface area contributed by atoms with Crippen LogP contribution in [0.25, 0.3) is 0 Å². The first-order valence-corrected chi connectivity index (χ1v) is 27.3. The van der Waals surface area contributed by atoms with E-state index in [2.05, 4.69) is 99.0 Å². The maximum Gasteiger partial charge on any atom is 0.306 e. The Balaban J connectivity index is 4.68. The van der Waals surface area contributed by atoms with Crippen molar-refractivity contribution in [2.45, 2.75) is 270 Å². The SMILES string of the molecule is CC/C=C\C/C=C\C/C=C\C/C=C\C/C=C\CC(CC(=O)NC(CO)C(O)CCCCCCCCCCCCCC)OC(=O)CCCCCCCCCCC/C=C\C/C=C\CCCCC. The Kier molecular flexibility index (Phi) is 49.6. The zero-order valence-electron chi connectivity index (χ0n) is 42.6. The molecule has 0 aliphatic heterocycles. The molecule has 374 valence electrons. The van der Waals surface area contributed by atoms with Crippen LogP contribution in [0.3, 0.4) is 0 Å². The maximum atomic E-state index is 13.2. The predicted molar refractivity (Wildman–Crippen MR) is 282 cm³/mol. The van der Waals surface area contributed by atoms with E-state index in [9.17, 15) is 19.8 Å². The molecule has 65 heavy (non-hydrogen) atoms. The molecular weight excluding hydrogens is 803 g/mol. The van der Waals surface area contributed by atoms with Crippen LogP contribution in [0, 0.1) is 0 Å². The minimum absolute atomic E-state index is 0.00526. The number of amides is 1. The maximum absolute atomic E-state index is 13.2. The highest BCUT2D eigenvalue weighted by Crippen LogP contribution is 2.16. The van der Waals surface area contributed by atoms with Crippen LogP contribution in [0.4, 0.5) is 0 Å². The van der Waals surface area contributed by atoms with Gasteiger partial charge in [-0.05, 0) is 77.0 Å². The number of hydrogen-bond donors (Lipinski definition) is 3. The first-order chi connectivity index (χ1) is 32.0. The molecule has 1 amide bonds. The van der Waals surface area contributed by atoms with Gasteiger partial charge < -0.3 is 20.3 Å². The molecule has 0 heterocycles. The smallest absolute Gasteiger partial charge is 0.306 e. The lowest BCUT2D eigenvalue weighted by Crippen LogP contribution is -2.46. The van der Waals surface area contributed by atoms with Crippen molar-refractivity contribution >= 4 is 11.9 Å². The minimum Gasteiger partial charge on any atom is -0.461 e. The second kappa shape index (κ2) is 52.0. The molecule has 0 spiro atoms. The molecule has 0 aliphatic carbocycles. The van der Waals surface area contributed by atoms with Gasteiger partial charge in [-0.3, -0.25) is 9.59 Å². The lowest BCUT2D eigenvalue weighted by molar-refractivity contribution is -0.150. The standard InChI is InChI=1S/C59H103NO5/c1-4-7-10-13-16-19-22-25-27-28-29-30-32-34-37-40-43-46-49-52-59(64)65-55(50-47-44-41-38-35-33-31-26-23-20-17-14-11-8-5-2)53-58(63)60-56(54-61)57(62)51-48-45-42-39-36-24-21-18-15-12-9-6-3/h8,11,16-17,19-20,25-27,31,35,38,44,47,55-57,61-62H,4-7,9-10,12-15,18,21-24,28-30,32-34,36-37,39-43,45-46,48-54H2,1-3H3,(H,60,63)/b11-8-,19-16-,20-17-,27-25-,31-26-,38-35-,47-44-. The Labute approximate surface area is 402 Å². The molecular formula is C59H103NO5. The lowest BCUT2D eigenvalue weighted by atomic mass is 10.0. The molecule has 3 atom stereocenters. The number of carbonyl (C=O) groups excluding carboxylic acids is 2. The fraction of sp³-hybridized carbons (Fsp3) is 0.729. The highest BCUT2D eigenvalue weighted by molar-refractivity contribution is 5.77. The van der Waals surface area contributed by atoms with Crippen molar-refractivity contribution in [3.63, 3.8) is 0 Å². The molecule has 0 saturated carbocycles. The average Bonchev–Trinajstić information content (AvgIpc) is 3.30. The third-order valence-electron chi connectivity index (χ3n) is 12.0. The molecule has 0 saturated heterocycles. The summed E-state index contributed by atoms with van der Waals surface area (Å²) in [6.07, 6.45) is 68.0. The summed E-state index contributed by atoms with van der Waals surface area (Å²) in [4.78, 5) is 26.2. The molecule has 0 fully saturated rings. The summed E-state index contributed by atoms with van der Waals surface area (Å²) in [5, 5.41) is 23.7. The van der Waals surface area contributed by atoms with Gasteiger partial charge >= 0.3 is 5.97 Å². The second-order valence-electron chi connectivity index (χ2n) is 18.3. The first kappa shape index (κ1) is 62.0. The van der Waals surface area contributed by atoms with E-state index in [0.717, 1.165) is 77.0 Å². The second-order valence-corrected chi connectivity index (χ2v) is 18.3. The first-order valence-electron chi connectivity index (χ1n) is 27.3. The third kappa shape index (κ3) is 47.3. The van der Waals surface area contributed by atoms with Crippen molar-refractivity contribution in [3.8, 4) is 0 Å². The molecule has 0 aromatic rings. The Bertz CT molecular complexity index is 1250. The summed E-state index contributed by atoms with van der Waals surface area (Å²) in [5.74, 6) is -0.585. The van der Waals surface area contributed by atoms with Crippen molar-refractivity contribution in [2.24, 2.45) is 0 Å². The molecule has 6 heteroatoms. The van der Waals surface area contributed by atoms with Crippen LogP contribution in [0.2, 0.25) is 0 Å². The molecule has 0 aromatic heterocycles. The van der Waals surface area contributed by atoms with E-state index in [1.54, 1.807) is 0 Å². The van der Waals surface area contributed by atoms with Crippen molar-refractivity contribution in [1.82, 2.24) is 5.32 Å². The Hall–Kier alpha value is -2.96. The van der Waals surface area contributed by atoms with E-state index in [0.29, 0.717) is 19.3 Å². The average molecular weight is 906 g/mol. The Morgan fingerprint density at radius 3 is 1.34 bits per heavy atom. The Morgan fingerprint density at radius 2 is 0.862 bits per heavy atom. The molecule has 0 aliphatic rings. The highest BCUT2D eigenvalue weighted by atomic mass is 16.5. The molecule has 3 N–H and O–H groups in total. The van der Waals surface area contributed by atoms with Crippen LogP contribution >= 0.6 is 0 Å². The van der Waals surface area contributed by atoms with Gasteiger partial charge in [0.25, 0.3) is 0 Å². The number of aliphatic hydroxyl groups is 2. The van der Waals surface area contributed by atoms with Crippen molar-refractivity contribution in [2.75, 3.05) is 6.61 Å². The number of hydrogen-bond acceptors (Lipinski definition) is 5. The summed E-state index contributed by atoms with van der Waals surface area (Å²) in [6.45, 7) is 6.32. The molecule has 3 unspecified atom stereocenters. The van der Waals surface area contributed by atoms with Crippen molar-refractivity contribution in [3.05, 3.63) is 85.1 Å². The number of carbonyl (C=O) groups is 2. The lowest BCUT2D eigenvalue weighted by Gasteiger charge is -2.24.